The van der Waals surface area contributed by atoms with Crippen LogP contribution >= 0.6 is 0 Å². The molecule has 0 unspecified atom stereocenters. The van der Waals surface area contributed by atoms with Crippen LogP contribution in [0.5, 0.6) is 0 Å². The molecule has 1 aromatic carbocycles. The molecule has 0 saturated carbocycles. The van der Waals surface area contributed by atoms with Gasteiger partial charge in [0.25, 0.3) is 11.9 Å². The number of nitrogens with one attached hydrogen (secondary N) is 1. The Labute approximate surface area is 162 Å². The zero-order valence-corrected chi connectivity index (χ0v) is 15.9. The third-order valence-electron chi connectivity index (χ3n) is 4.77. The van der Waals surface area contributed by atoms with E-state index in [1.165, 1.54) is 0 Å². The number of amides is 1. The van der Waals surface area contributed by atoms with Crippen molar-refractivity contribution >= 4 is 11.6 Å². The van der Waals surface area contributed by atoms with E-state index in [4.69, 9.17) is 0 Å². The molecule has 0 bridgehead atoms. The van der Waals surface area contributed by atoms with Crippen LogP contribution in [0.25, 0.3) is 11.6 Å². The average molecular weight is 372 g/mol. The lowest BCUT2D eigenvalue weighted by molar-refractivity contribution is 0.102. The molecular formula is C21H20N6O. The molecule has 0 atom stereocenters. The minimum atomic E-state index is -0.211. The molecule has 0 aliphatic carbocycles. The highest BCUT2D eigenvalue weighted by Gasteiger charge is 2.12. The number of carbonyl (C=O) groups excluding carboxylic acids is 1. The van der Waals surface area contributed by atoms with Crippen molar-refractivity contribution in [3.05, 3.63) is 83.7 Å². The van der Waals surface area contributed by atoms with Gasteiger partial charge in [-0.15, -0.1) is 0 Å². The minimum Gasteiger partial charge on any atom is -0.324 e. The van der Waals surface area contributed by atoms with Crippen LogP contribution < -0.4 is 5.32 Å². The second kappa shape index (κ2) is 7.11. The minimum absolute atomic E-state index is 0.211. The molecule has 140 valence electrons. The van der Waals surface area contributed by atoms with Gasteiger partial charge >= 0.3 is 0 Å². The van der Waals surface area contributed by atoms with Gasteiger partial charge in [-0.1, -0.05) is 0 Å². The van der Waals surface area contributed by atoms with Gasteiger partial charge in [0.1, 0.15) is 0 Å². The van der Waals surface area contributed by atoms with E-state index in [2.05, 4.69) is 20.4 Å². The predicted molar refractivity (Wildman–Crippen MR) is 107 cm³/mol. The Bertz CT molecular complexity index is 1110. The largest absolute Gasteiger partial charge is 0.324 e. The number of anilines is 1. The van der Waals surface area contributed by atoms with E-state index < -0.39 is 0 Å². The summed E-state index contributed by atoms with van der Waals surface area (Å²) in [5.41, 5.74) is 5.15. The number of aryl methyl sites for hydroxylation is 1. The van der Waals surface area contributed by atoms with Gasteiger partial charge in [0.05, 0.1) is 23.8 Å². The van der Waals surface area contributed by atoms with Crippen molar-refractivity contribution < 1.29 is 4.79 Å². The summed E-state index contributed by atoms with van der Waals surface area (Å²) >= 11 is 0. The molecule has 28 heavy (non-hydrogen) atoms. The standard InChI is InChI=1S/C21H20N6O/c1-14-15(2)25-27(16(14)3)21-22-12-18(13-23-21)24-20(28)17-6-8-19(9-7-17)26-10-4-5-11-26/h4-13H,1-3H3,(H,24,28). The fraction of sp³-hybridized carbons (Fsp3) is 0.143. The topological polar surface area (TPSA) is 77.6 Å². The van der Waals surface area contributed by atoms with Crippen molar-refractivity contribution in [2.75, 3.05) is 5.32 Å². The summed E-state index contributed by atoms with van der Waals surface area (Å²) in [5, 5.41) is 7.27. The van der Waals surface area contributed by atoms with Gasteiger partial charge in [-0.25, -0.2) is 14.6 Å². The maximum absolute atomic E-state index is 12.5. The number of hydrogen-bond acceptors (Lipinski definition) is 4. The van der Waals surface area contributed by atoms with Crippen molar-refractivity contribution in [2.24, 2.45) is 0 Å². The summed E-state index contributed by atoms with van der Waals surface area (Å²) in [4.78, 5) is 21.1. The molecule has 3 heterocycles. The highest BCUT2D eigenvalue weighted by atomic mass is 16.1. The van der Waals surface area contributed by atoms with Crippen molar-refractivity contribution in [1.82, 2.24) is 24.3 Å². The predicted octanol–water partition coefficient (Wildman–Crippen LogP) is 3.63. The van der Waals surface area contributed by atoms with Crippen LogP contribution in [0.15, 0.2) is 61.2 Å². The van der Waals surface area contributed by atoms with Crippen LogP contribution in [0.4, 0.5) is 5.69 Å². The quantitative estimate of drug-likeness (QED) is 0.593. The van der Waals surface area contributed by atoms with Crippen LogP contribution in [-0.4, -0.2) is 30.2 Å². The second-order valence-corrected chi connectivity index (χ2v) is 6.57. The van der Waals surface area contributed by atoms with Gasteiger partial charge in [-0.2, -0.15) is 5.10 Å². The zero-order chi connectivity index (χ0) is 19.7. The van der Waals surface area contributed by atoms with Gasteiger partial charge in [0, 0.05) is 29.3 Å². The summed E-state index contributed by atoms with van der Waals surface area (Å²) in [5.74, 6) is 0.264. The third kappa shape index (κ3) is 3.29. The monoisotopic (exact) mass is 372 g/mol. The Balaban J connectivity index is 1.48. The molecule has 0 aliphatic rings. The normalized spacial score (nSPS) is 10.8. The van der Waals surface area contributed by atoms with E-state index in [0.717, 1.165) is 22.6 Å². The first-order chi connectivity index (χ1) is 13.5. The molecule has 7 nitrogen and oxygen atoms in total. The van der Waals surface area contributed by atoms with Gasteiger partial charge in [0.2, 0.25) is 0 Å². The zero-order valence-electron chi connectivity index (χ0n) is 15.9. The summed E-state index contributed by atoms with van der Waals surface area (Å²) in [6.07, 6.45) is 7.08. The van der Waals surface area contributed by atoms with Gasteiger partial charge in [-0.05, 0) is 62.7 Å². The van der Waals surface area contributed by atoms with Crippen molar-refractivity contribution in [1.29, 1.82) is 0 Å². The summed E-state index contributed by atoms with van der Waals surface area (Å²) in [6.45, 7) is 5.95. The second-order valence-electron chi connectivity index (χ2n) is 6.57. The molecule has 0 saturated heterocycles. The molecule has 3 aromatic heterocycles. The van der Waals surface area contributed by atoms with Crippen LogP contribution in [-0.2, 0) is 0 Å². The highest BCUT2D eigenvalue weighted by Crippen LogP contribution is 2.16. The molecular weight excluding hydrogens is 352 g/mol. The lowest BCUT2D eigenvalue weighted by Crippen LogP contribution is -2.13. The Hall–Kier alpha value is -3.74. The summed E-state index contributed by atoms with van der Waals surface area (Å²) < 4.78 is 3.69. The van der Waals surface area contributed by atoms with Crippen LogP contribution in [0, 0.1) is 20.8 Å². The van der Waals surface area contributed by atoms with Crippen LogP contribution in [0.2, 0.25) is 0 Å². The van der Waals surface area contributed by atoms with Crippen molar-refractivity contribution in [3.8, 4) is 11.6 Å². The van der Waals surface area contributed by atoms with Crippen LogP contribution in [0.3, 0.4) is 0 Å². The first kappa shape index (κ1) is 17.7. The fourth-order valence-electron chi connectivity index (χ4n) is 2.91. The Morgan fingerprint density at radius 1 is 0.964 bits per heavy atom. The molecule has 1 amide bonds. The number of nitrogens with zero attached hydrogens (tertiary/aromatic N) is 5. The Kier molecular flexibility index (Phi) is 4.49. The van der Waals surface area contributed by atoms with Gasteiger partial charge in [-0.3, -0.25) is 4.79 Å². The fourth-order valence-corrected chi connectivity index (χ4v) is 2.91. The van der Waals surface area contributed by atoms with Crippen LogP contribution in [0.1, 0.15) is 27.3 Å². The molecule has 0 fully saturated rings. The first-order valence-corrected chi connectivity index (χ1v) is 8.93. The molecule has 0 radical (unpaired) electrons. The van der Waals surface area contributed by atoms with Crippen molar-refractivity contribution in [2.45, 2.75) is 20.8 Å². The smallest absolute Gasteiger partial charge is 0.255 e. The van der Waals surface area contributed by atoms with E-state index >= 15 is 0 Å². The first-order valence-electron chi connectivity index (χ1n) is 8.93. The lowest BCUT2D eigenvalue weighted by atomic mass is 10.2. The molecule has 0 aliphatic heterocycles. The number of aromatic nitrogens is 5. The summed E-state index contributed by atoms with van der Waals surface area (Å²) in [6, 6.07) is 11.3. The molecule has 4 aromatic rings. The number of rotatable bonds is 4. The van der Waals surface area contributed by atoms with E-state index in [1.807, 2.05) is 62.0 Å². The Morgan fingerprint density at radius 2 is 1.61 bits per heavy atom. The van der Waals surface area contributed by atoms with Gasteiger partial charge in [0.15, 0.2) is 0 Å². The summed E-state index contributed by atoms with van der Waals surface area (Å²) in [7, 11) is 0. The maximum atomic E-state index is 12.5. The van der Waals surface area contributed by atoms with Gasteiger partial charge < -0.3 is 9.88 Å². The van der Waals surface area contributed by atoms with E-state index in [0.29, 0.717) is 17.2 Å². The number of benzene rings is 1. The van der Waals surface area contributed by atoms with E-state index in [1.54, 1.807) is 29.2 Å². The van der Waals surface area contributed by atoms with E-state index in [9.17, 15) is 4.79 Å². The number of hydrogen-bond donors (Lipinski definition) is 1. The molecule has 7 heteroatoms. The van der Waals surface area contributed by atoms with E-state index in [-0.39, 0.29) is 5.91 Å². The number of carbonyl (C=O) groups is 1. The Morgan fingerprint density at radius 3 is 2.18 bits per heavy atom. The molecule has 0 spiro atoms. The average Bonchev–Trinajstić information content (AvgIpc) is 3.34. The molecule has 1 N–H and O–H groups in total. The van der Waals surface area contributed by atoms with Crippen molar-refractivity contribution in [3.63, 3.8) is 0 Å². The SMILES string of the molecule is Cc1nn(-c2ncc(NC(=O)c3ccc(-n4cccc4)cc3)cn2)c(C)c1C. The molecule has 4 rings (SSSR count). The third-order valence-corrected chi connectivity index (χ3v) is 4.77. The highest BCUT2D eigenvalue weighted by molar-refractivity contribution is 6.04. The maximum Gasteiger partial charge on any atom is 0.255 e. The lowest BCUT2D eigenvalue weighted by Gasteiger charge is -2.08.